The van der Waals surface area contributed by atoms with Crippen molar-refractivity contribution in [1.82, 2.24) is 9.97 Å². The Kier molecular flexibility index (Phi) is 5.54. The van der Waals surface area contributed by atoms with Crippen LogP contribution in [0.4, 0.5) is 30.6 Å². The lowest BCUT2D eigenvalue weighted by molar-refractivity contribution is 0.197. The summed E-state index contributed by atoms with van der Waals surface area (Å²) < 4.78 is 44.5. The lowest BCUT2D eigenvalue weighted by Crippen LogP contribution is -2.08. The number of hydrogen-bond acceptors (Lipinski definition) is 5. The Hall–Kier alpha value is -2.35. The zero-order chi connectivity index (χ0) is 15.9. The number of nitrogens with zero attached hydrogens (tertiary/aromatic N) is 2. The van der Waals surface area contributed by atoms with Crippen LogP contribution >= 0.6 is 0 Å². The summed E-state index contributed by atoms with van der Waals surface area (Å²) in [7, 11) is 1.61. The van der Waals surface area contributed by atoms with E-state index in [1.54, 1.807) is 7.11 Å². The fourth-order valence-electron chi connectivity index (χ4n) is 1.69. The molecule has 0 aliphatic carbocycles. The summed E-state index contributed by atoms with van der Waals surface area (Å²) in [4.78, 5) is 8.10. The largest absolute Gasteiger partial charge is 0.385 e. The van der Waals surface area contributed by atoms with Gasteiger partial charge < -0.3 is 15.4 Å². The Morgan fingerprint density at radius 2 is 1.95 bits per heavy atom. The first-order valence-electron chi connectivity index (χ1n) is 6.58. The second kappa shape index (κ2) is 7.60. The van der Waals surface area contributed by atoms with E-state index in [1.807, 2.05) is 0 Å². The number of benzene rings is 1. The summed E-state index contributed by atoms with van der Waals surface area (Å²) >= 11 is 0. The van der Waals surface area contributed by atoms with Gasteiger partial charge in [-0.2, -0.15) is 4.98 Å². The molecule has 0 bridgehead atoms. The maximum absolute atomic E-state index is 13.6. The molecular weight excluding hydrogens is 297 g/mol. The molecule has 0 aliphatic rings. The molecule has 0 aliphatic heterocycles. The summed E-state index contributed by atoms with van der Waals surface area (Å²) in [5, 5.41) is 5.56. The van der Waals surface area contributed by atoms with Gasteiger partial charge >= 0.3 is 0 Å². The quantitative estimate of drug-likeness (QED) is 0.608. The maximum Gasteiger partial charge on any atom is 0.224 e. The van der Waals surface area contributed by atoms with Crippen LogP contribution < -0.4 is 10.6 Å². The standard InChI is InChI=1S/C14H15F3N4O/c1-22-8-2-6-18-14-19-7-5-11(21-14)20-10-4-3-9(15)12(16)13(10)17/h3-5,7H,2,6,8H2,1H3,(H2,18,19,20,21). The average Bonchev–Trinajstić information content (AvgIpc) is 2.53. The van der Waals surface area contributed by atoms with Gasteiger partial charge in [-0.25, -0.2) is 18.2 Å². The van der Waals surface area contributed by atoms with Gasteiger partial charge in [0.05, 0.1) is 5.69 Å². The van der Waals surface area contributed by atoms with Crippen molar-refractivity contribution in [2.75, 3.05) is 30.9 Å². The van der Waals surface area contributed by atoms with Crippen molar-refractivity contribution in [2.45, 2.75) is 6.42 Å². The van der Waals surface area contributed by atoms with E-state index >= 15 is 0 Å². The molecule has 0 atom stereocenters. The maximum atomic E-state index is 13.6. The van der Waals surface area contributed by atoms with Gasteiger partial charge in [-0.05, 0) is 24.6 Å². The molecule has 2 aromatic rings. The van der Waals surface area contributed by atoms with E-state index in [0.717, 1.165) is 18.6 Å². The highest BCUT2D eigenvalue weighted by Gasteiger charge is 2.13. The predicted octanol–water partition coefficient (Wildman–Crippen LogP) is 3.09. The van der Waals surface area contributed by atoms with Crippen LogP contribution in [0.5, 0.6) is 0 Å². The zero-order valence-corrected chi connectivity index (χ0v) is 11.9. The molecule has 1 aromatic carbocycles. The molecule has 1 aromatic heterocycles. The van der Waals surface area contributed by atoms with Gasteiger partial charge in [0, 0.05) is 26.5 Å². The summed E-state index contributed by atoms with van der Waals surface area (Å²) in [5.74, 6) is -3.48. The van der Waals surface area contributed by atoms with Gasteiger partial charge in [-0.3, -0.25) is 0 Å². The van der Waals surface area contributed by atoms with Gasteiger partial charge in [0.1, 0.15) is 5.82 Å². The lowest BCUT2D eigenvalue weighted by Gasteiger charge is -2.09. The molecule has 0 amide bonds. The third kappa shape index (κ3) is 4.08. The fourth-order valence-corrected chi connectivity index (χ4v) is 1.69. The number of halogens is 3. The minimum Gasteiger partial charge on any atom is -0.385 e. The molecule has 0 fully saturated rings. The molecule has 1 heterocycles. The van der Waals surface area contributed by atoms with E-state index in [-0.39, 0.29) is 11.5 Å². The summed E-state index contributed by atoms with van der Waals surface area (Å²) in [6.07, 6.45) is 2.24. The molecule has 8 heteroatoms. The number of anilines is 3. The minimum atomic E-state index is -1.53. The van der Waals surface area contributed by atoms with Crippen LogP contribution in [0.2, 0.25) is 0 Å². The highest BCUT2D eigenvalue weighted by Crippen LogP contribution is 2.22. The second-order valence-corrected chi connectivity index (χ2v) is 4.39. The number of nitrogens with one attached hydrogen (secondary N) is 2. The molecule has 0 saturated carbocycles. The van der Waals surface area contributed by atoms with Gasteiger partial charge in [0.15, 0.2) is 17.5 Å². The van der Waals surface area contributed by atoms with Crippen molar-refractivity contribution in [2.24, 2.45) is 0 Å². The van der Waals surface area contributed by atoms with E-state index in [2.05, 4.69) is 20.6 Å². The molecule has 5 nitrogen and oxygen atoms in total. The monoisotopic (exact) mass is 312 g/mol. The van der Waals surface area contributed by atoms with Gasteiger partial charge in [0.2, 0.25) is 5.95 Å². The summed E-state index contributed by atoms with van der Waals surface area (Å²) in [6, 6.07) is 3.43. The molecule has 0 saturated heterocycles. The summed E-state index contributed by atoms with van der Waals surface area (Å²) in [6.45, 7) is 1.21. The number of methoxy groups -OCH3 is 1. The van der Waals surface area contributed by atoms with E-state index in [4.69, 9.17) is 4.74 Å². The minimum absolute atomic E-state index is 0.206. The van der Waals surface area contributed by atoms with Crippen molar-refractivity contribution < 1.29 is 17.9 Å². The first kappa shape index (κ1) is 16.0. The highest BCUT2D eigenvalue weighted by atomic mass is 19.2. The van der Waals surface area contributed by atoms with Crippen molar-refractivity contribution in [3.8, 4) is 0 Å². The number of aromatic nitrogens is 2. The molecule has 2 N–H and O–H groups in total. The van der Waals surface area contributed by atoms with Gasteiger partial charge in [-0.1, -0.05) is 0 Å². The van der Waals surface area contributed by atoms with Crippen LogP contribution in [0, 0.1) is 17.5 Å². The summed E-state index contributed by atoms with van der Waals surface area (Å²) in [5.41, 5.74) is -0.206. The highest BCUT2D eigenvalue weighted by molar-refractivity contribution is 5.57. The molecule has 0 spiro atoms. The van der Waals surface area contributed by atoms with E-state index < -0.39 is 17.5 Å². The Bertz CT molecular complexity index is 639. The molecule has 118 valence electrons. The number of rotatable bonds is 7. The Labute approximate surface area is 125 Å². The van der Waals surface area contributed by atoms with Crippen molar-refractivity contribution in [3.05, 3.63) is 41.8 Å². The van der Waals surface area contributed by atoms with Gasteiger partial charge in [0.25, 0.3) is 0 Å². The Balaban J connectivity index is 2.06. The van der Waals surface area contributed by atoms with Crippen molar-refractivity contribution in [1.29, 1.82) is 0 Å². The van der Waals surface area contributed by atoms with Crippen LogP contribution in [-0.2, 0) is 4.74 Å². The van der Waals surface area contributed by atoms with E-state index in [0.29, 0.717) is 19.1 Å². The number of ether oxygens (including phenoxy) is 1. The van der Waals surface area contributed by atoms with Crippen LogP contribution in [0.3, 0.4) is 0 Å². The normalized spacial score (nSPS) is 10.5. The first-order chi connectivity index (χ1) is 10.6. The third-order valence-corrected chi connectivity index (χ3v) is 2.76. The molecule has 2 rings (SSSR count). The molecular formula is C14H15F3N4O. The SMILES string of the molecule is COCCCNc1nccc(Nc2ccc(F)c(F)c2F)n1. The zero-order valence-electron chi connectivity index (χ0n) is 11.9. The molecule has 0 radical (unpaired) electrons. The predicted molar refractivity (Wildman–Crippen MR) is 76.6 cm³/mol. The van der Waals surface area contributed by atoms with Gasteiger partial charge in [-0.15, -0.1) is 0 Å². The number of hydrogen-bond donors (Lipinski definition) is 2. The lowest BCUT2D eigenvalue weighted by atomic mass is 10.3. The molecule has 22 heavy (non-hydrogen) atoms. The average molecular weight is 312 g/mol. The van der Waals surface area contributed by atoms with Crippen molar-refractivity contribution in [3.63, 3.8) is 0 Å². The third-order valence-electron chi connectivity index (χ3n) is 2.76. The van der Waals surface area contributed by atoms with Crippen molar-refractivity contribution >= 4 is 17.5 Å². The Morgan fingerprint density at radius 1 is 1.14 bits per heavy atom. The fraction of sp³-hybridized carbons (Fsp3) is 0.286. The smallest absolute Gasteiger partial charge is 0.224 e. The first-order valence-corrected chi connectivity index (χ1v) is 6.58. The van der Waals surface area contributed by atoms with Crippen LogP contribution in [0.1, 0.15) is 6.42 Å². The van der Waals surface area contributed by atoms with E-state index in [1.165, 1.54) is 12.3 Å². The molecule has 0 unspecified atom stereocenters. The second-order valence-electron chi connectivity index (χ2n) is 4.39. The van der Waals surface area contributed by atoms with E-state index in [9.17, 15) is 13.2 Å². The topological polar surface area (TPSA) is 59.1 Å². The van der Waals surface area contributed by atoms with Crippen LogP contribution in [-0.4, -0.2) is 30.2 Å². The van der Waals surface area contributed by atoms with Crippen LogP contribution in [0.25, 0.3) is 0 Å². The van der Waals surface area contributed by atoms with Crippen LogP contribution in [0.15, 0.2) is 24.4 Å². The Morgan fingerprint density at radius 3 is 2.73 bits per heavy atom.